The number of H-pyrrole nitrogens is 1. The number of nitrogen functional groups attached to an aromatic ring is 1. The molecule has 3 aromatic rings. The van der Waals surface area contributed by atoms with Gasteiger partial charge in [0.15, 0.2) is 0 Å². The zero-order valence-electron chi connectivity index (χ0n) is 13.0. The lowest BCUT2D eigenvalue weighted by Crippen LogP contribution is -2.29. The molecule has 0 aromatic carbocycles. The minimum atomic E-state index is 0.277. The molecule has 0 amide bonds. The van der Waals surface area contributed by atoms with Gasteiger partial charge in [0.05, 0.1) is 16.8 Å². The SMILES string of the molecule is CNC1CCN(c2ccnc3[nH]cc(-c4ccnc(N)n4)c23)C1. The molecule has 0 saturated carbocycles. The summed E-state index contributed by atoms with van der Waals surface area (Å²) in [6, 6.07) is 4.47. The number of fused-ring (bicyclic) bond motifs is 1. The van der Waals surface area contributed by atoms with E-state index in [-0.39, 0.29) is 5.95 Å². The van der Waals surface area contributed by atoms with E-state index < -0.39 is 0 Å². The number of aromatic amines is 1. The van der Waals surface area contributed by atoms with E-state index in [0.29, 0.717) is 6.04 Å². The second kappa shape index (κ2) is 5.51. The number of nitrogens with one attached hydrogen (secondary N) is 2. The van der Waals surface area contributed by atoms with Crippen molar-refractivity contribution in [3.05, 3.63) is 30.7 Å². The van der Waals surface area contributed by atoms with Gasteiger partial charge in [-0.3, -0.25) is 0 Å². The molecule has 1 aliphatic heterocycles. The lowest BCUT2D eigenvalue weighted by molar-refractivity contribution is 0.617. The quantitative estimate of drug-likeness (QED) is 0.677. The van der Waals surface area contributed by atoms with Crippen LogP contribution in [-0.2, 0) is 0 Å². The van der Waals surface area contributed by atoms with Crippen molar-refractivity contribution in [3.8, 4) is 11.3 Å². The minimum Gasteiger partial charge on any atom is -0.369 e. The molecular weight excluding hydrogens is 290 g/mol. The normalized spacial score (nSPS) is 18.0. The first-order valence-electron chi connectivity index (χ1n) is 7.73. The maximum absolute atomic E-state index is 5.74. The summed E-state index contributed by atoms with van der Waals surface area (Å²) in [5.74, 6) is 0.277. The number of nitrogens with two attached hydrogens (primary N) is 1. The van der Waals surface area contributed by atoms with E-state index in [1.54, 1.807) is 6.20 Å². The molecule has 0 aliphatic carbocycles. The van der Waals surface area contributed by atoms with Gasteiger partial charge in [-0.2, -0.15) is 0 Å². The van der Waals surface area contributed by atoms with E-state index in [1.807, 2.05) is 25.5 Å². The summed E-state index contributed by atoms with van der Waals surface area (Å²) < 4.78 is 0. The largest absolute Gasteiger partial charge is 0.369 e. The topological polar surface area (TPSA) is 95.8 Å². The summed E-state index contributed by atoms with van der Waals surface area (Å²) in [6.07, 6.45) is 6.60. The molecule has 0 radical (unpaired) electrons. The second-order valence-corrected chi connectivity index (χ2v) is 5.78. The third-order valence-corrected chi connectivity index (χ3v) is 4.44. The van der Waals surface area contributed by atoms with Crippen LogP contribution in [0.25, 0.3) is 22.3 Å². The van der Waals surface area contributed by atoms with Gasteiger partial charge in [0.1, 0.15) is 5.65 Å². The van der Waals surface area contributed by atoms with Gasteiger partial charge >= 0.3 is 0 Å². The van der Waals surface area contributed by atoms with E-state index in [2.05, 4.69) is 36.2 Å². The summed E-state index contributed by atoms with van der Waals surface area (Å²) in [7, 11) is 2.02. The molecular formula is C16H19N7. The summed E-state index contributed by atoms with van der Waals surface area (Å²) in [5.41, 5.74) is 9.60. The predicted octanol–water partition coefficient (Wildman–Crippen LogP) is 1.40. The van der Waals surface area contributed by atoms with Crippen molar-refractivity contribution in [2.24, 2.45) is 0 Å². The lowest BCUT2D eigenvalue weighted by Gasteiger charge is -2.20. The van der Waals surface area contributed by atoms with Gasteiger partial charge in [0, 0.05) is 43.3 Å². The number of nitrogens with zero attached hydrogens (tertiary/aromatic N) is 4. The maximum Gasteiger partial charge on any atom is 0.220 e. The van der Waals surface area contributed by atoms with Crippen LogP contribution in [0.15, 0.2) is 30.7 Å². The highest BCUT2D eigenvalue weighted by Gasteiger charge is 2.24. The maximum atomic E-state index is 5.74. The van der Waals surface area contributed by atoms with Crippen molar-refractivity contribution < 1.29 is 0 Å². The number of pyridine rings is 1. The fourth-order valence-electron chi connectivity index (χ4n) is 3.24. The van der Waals surface area contributed by atoms with Crippen LogP contribution in [0.3, 0.4) is 0 Å². The lowest BCUT2D eigenvalue weighted by atomic mass is 10.1. The van der Waals surface area contributed by atoms with Crippen LogP contribution in [0, 0.1) is 0 Å². The molecule has 23 heavy (non-hydrogen) atoms. The molecule has 1 unspecified atom stereocenters. The monoisotopic (exact) mass is 309 g/mol. The number of hydrogen-bond donors (Lipinski definition) is 3. The van der Waals surface area contributed by atoms with Gasteiger partial charge in [-0.1, -0.05) is 0 Å². The molecule has 4 heterocycles. The number of hydrogen-bond acceptors (Lipinski definition) is 6. The molecule has 1 atom stereocenters. The molecule has 1 aliphatic rings. The van der Waals surface area contributed by atoms with E-state index in [9.17, 15) is 0 Å². The van der Waals surface area contributed by atoms with E-state index in [0.717, 1.165) is 41.8 Å². The predicted molar refractivity (Wildman–Crippen MR) is 91.2 cm³/mol. The van der Waals surface area contributed by atoms with Crippen molar-refractivity contribution in [2.75, 3.05) is 30.8 Å². The van der Waals surface area contributed by atoms with E-state index >= 15 is 0 Å². The molecule has 118 valence electrons. The first-order valence-corrected chi connectivity index (χ1v) is 7.73. The Bertz CT molecular complexity index is 841. The zero-order valence-corrected chi connectivity index (χ0v) is 13.0. The molecule has 7 nitrogen and oxygen atoms in total. The second-order valence-electron chi connectivity index (χ2n) is 5.78. The average Bonchev–Trinajstić information content (AvgIpc) is 3.21. The molecule has 1 saturated heterocycles. The fourth-order valence-corrected chi connectivity index (χ4v) is 3.24. The Labute approximate surface area is 134 Å². The Morgan fingerprint density at radius 1 is 1.30 bits per heavy atom. The summed E-state index contributed by atoms with van der Waals surface area (Å²) in [4.78, 5) is 18.4. The fraction of sp³-hybridized carbons (Fsp3) is 0.312. The zero-order chi connectivity index (χ0) is 15.8. The molecule has 4 rings (SSSR count). The highest BCUT2D eigenvalue weighted by molar-refractivity contribution is 6.02. The summed E-state index contributed by atoms with van der Waals surface area (Å²) >= 11 is 0. The molecule has 0 spiro atoms. The molecule has 1 fully saturated rings. The Balaban J connectivity index is 1.84. The first-order chi connectivity index (χ1) is 11.3. The first kappa shape index (κ1) is 14.0. The Kier molecular flexibility index (Phi) is 3.34. The Morgan fingerprint density at radius 3 is 2.96 bits per heavy atom. The van der Waals surface area contributed by atoms with Gasteiger partial charge in [-0.05, 0) is 25.6 Å². The highest BCUT2D eigenvalue weighted by Crippen LogP contribution is 2.35. The smallest absolute Gasteiger partial charge is 0.220 e. The van der Waals surface area contributed by atoms with Crippen LogP contribution in [0.2, 0.25) is 0 Å². The van der Waals surface area contributed by atoms with Crippen LogP contribution in [0.1, 0.15) is 6.42 Å². The van der Waals surface area contributed by atoms with Crippen molar-refractivity contribution in [3.63, 3.8) is 0 Å². The standard InChI is InChI=1S/C16H19N7/c1-18-10-4-7-23(9-10)13-3-6-19-15-14(13)11(8-21-15)12-2-5-20-16(17)22-12/h2-3,5-6,8,10,18H,4,7,9H2,1H3,(H,19,21)(H2,17,20,22). The van der Waals surface area contributed by atoms with Gasteiger partial charge in [0.2, 0.25) is 5.95 Å². The van der Waals surface area contributed by atoms with Crippen molar-refractivity contribution in [1.29, 1.82) is 0 Å². The van der Waals surface area contributed by atoms with E-state index in [4.69, 9.17) is 5.73 Å². The van der Waals surface area contributed by atoms with Gasteiger partial charge in [-0.25, -0.2) is 15.0 Å². The summed E-state index contributed by atoms with van der Waals surface area (Å²) in [6.45, 7) is 2.02. The van der Waals surface area contributed by atoms with Gasteiger partial charge < -0.3 is 20.9 Å². The molecule has 4 N–H and O–H groups in total. The van der Waals surface area contributed by atoms with Gasteiger partial charge in [-0.15, -0.1) is 0 Å². The Hall–Kier alpha value is -2.67. The number of likely N-dealkylation sites (N-methyl/N-ethyl adjacent to an activating group) is 1. The molecule has 7 heteroatoms. The average molecular weight is 309 g/mol. The van der Waals surface area contributed by atoms with Crippen LogP contribution in [-0.4, -0.2) is 46.1 Å². The van der Waals surface area contributed by atoms with Crippen molar-refractivity contribution in [1.82, 2.24) is 25.3 Å². The number of anilines is 2. The van der Waals surface area contributed by atoms with E-state index in [1.165, 1.54) is 5.69 Å². The molecule has 0 bridgehead atoms. The van der Waals surface area contributed by atoms with Crippen LogP contribution >= 0.6 is 0 Å². The van der Waals surface area contributed by atoms with Crippen molar-refractivity contribution in [2.45, 2.75) is 12.5 Å². The van der Waals surface area contributed by atoms with Crippen molar-refractivity contribution >= 4 is 22.7 Å². The Morgan fingerprint density at radius 2 is 2.17 bits per heavy atom. The van der Waals surface area contributed by atoms with Gasteiger partial charge in [0.25, 0.3) is 0 Å². The van der Waals surface area contributed by atoms with Crippen LogP contribution in [0.4, 0.5) is 11.6 Å². The summed E-state index contributed by atoms with van der Waals surface area (Å²) in [5, 5.41) is 4.44. The number of rotatable bonds is 3. The number of aromatic nitrogens is 4. The highest BCUT2D eigenvalue weighted by atomic mass is 15.2. The third-order valence-electron chi connectivity index (χ3n) is 4.44. The van der Waals surface area contributed by atoms with Crippen LogP contribution < -0.4 is 16.0 Å². The molecule has 3 aromatic heterocycles. The third kappa shape index (κ3) is 2.39. The van der Waals surface area contributed by atoms with Crippen LogP contribution in [0.5, 0.6) is 0 Å². The minimum absolute atomic E-state index is 0.277.